The third-order valence-corrected chi connectivity index (χ3v) is 3.22. The fourth-order valence-corrected chi connectivity index (χ4v) is 1.85. The summed E-state index contributed by atoms with van der Waals surface area (Å²) in [7, 11) is 1.94. The van der Waals surface area contributed by atoms with Gasteiger partial charge in [-0.3, -0.25) is 4.68 Å². The number of aliphatic hydroxyl groups excluding tert-OH is 1. The molecule has 0 radical (unpaired) electrons. The molecule has 0 atom stereocenters. The van der Waals surface area contributed by atoms with Crippen molar-refractivity contribution in [3.05, 3.63) is 17.5 Å². The van der Waals surface area contributed by atoms with Crippen LogP contribution in [0.1, 0.15) is 24.1 Å². The fourth-order valence-electron chi connectivity index (χ4n) is 1.85. The van der Waals surface area contributed by atoms with E-state index in [-0.39, 0.29) is 5.41 Å². The molecule has 0 spiro atoms. The molecular weight excluding hydrogens is 190 g/mol. The van der Waals surface area contributed by atoms with Crippen LogP contribution < -0.4 is 5.32 Å². The second kappa shape index (κ2) is 3.94. The second-order valence-electron chi connectivity index (χ2n) is 4.68. The molecule has 0 amide bonds. The molecule has 0 saturated heterocycles. The minimum atomic E-state index is 0.191. The maximum absolute atomic E-state index is 9.16. The average molecular weight is 209 g/mol. The Bertz CT molecular complexity index is 342. The van der Waals surface area contributed by atoms with Gasteiger partial charge in [-0.1, -0.05) is 0 Å². The van der Waals surface area contributed by atoms with Gasteiger partial charge in [0, 0.05) is 43.9 Å². The molecule has 15 heavy (non-hydrogen) atoms. The minimum absolute atomic E-state index is 0.191. The van der Waals surface area contributed by atoms with E-state index >= 15 is 0 Å². The van der Waals surface area contributed by atoms with E-state index < -0.39 is 0 Å². The van der Waals surface area contributed by atoms with Crippen molar-refractivity contribution >= 4 is 0 Å². The highest BCUT2D eigenvalue weighted by atomic mass is 16.3. The summed E-state index contributed by atoms with van der Waals surface area (Å²) >= 11 is 0. The van der Waals surface area contributed by atoms with Crippen molar-refractivity contribution < 1.29 is 5.11 Å². The van der Waals surface area contributed by atoms with Crippen molar-refractivity contribution in [1.82, 2.24) is 15.1 Å². The first-order chi connectivity index (χ1) is 7.15. The van der Waals surface area contributed by atoms with Crippen molar-refractivity contribution in [1.29, 1.82) is 0 Å². The Morgan fingerprint density at radius 3 is 2.80 bits per heavy atom. The molecule has 1 aromatic heterocycles. The highest BCUT2D eigenvalue weighted by Gasteiger charge is 2.41. The van der Waals surface area contributed by atoms with Gasteiger partial charge in [-0.05, 0) is 19.8 Å². The van der Waals surface area contributed by atoms with Crippen molar-refractivity contribution in [3.8, 4) is 0 Å². The number of hydrogen-bond acceptors (Lipinski definition) is 3. The monoisotopic (exact) mass is 209 g/mol. The van der Waals surface area contributed by atoms with Crippen LogP contribution in [-0.2, 0) is 13.6 Å². The zero-order valence-corrected chi connectivity index (χ0v) is 9.45. The van der Waals surface area contributed by atoms with E-state index in [1.54, 1.807) is 0 Å². The third-order valence-electron chi connectivity index (χ3n) is 3.22. The SMILES string of the molecule is Cc1nn(C)cc1CNCC1(CO)CC1. The van der Waals surface area contributed by atoms with E-state index in [1.165, 1.54) is 5.56 Å². The average Bonchev–Trinajstić information content (AvgIpc) is 2.90. The summed E-state index contributed by atoms with van der Waals surface area (Å²) < 4.78 is 1.84. The molecule has 84 valence electrons. The van der Waals surface area contributed by atoms with E-state index in [0.29, 0.717) is 6.61 Å². The first-order valence-electron chi connectivity index (χ1n) is 5.46. The lowest BCUT2D eigenvalue weighted by Gasteiger charge is -2.12. The summed E-state index contributed by atoms with van der Waals surface area (Å²) in [5.74, 6) is 0. The van der Waals surface area contributed by atoms with Gasteiger partial charge in [0.15, 0.2) is 0 Å². The number of rotatable bonds is 5. The maximum atomic E-state index is 9.16. The highest BCUT2D eigenvalue weighted by Crippen LogP contribution is 2.44. The van der Waals surface area contributed by atoms with Crippen molar-refractivity contribution in [3.63, 3.8) is 0 Å². The van der Waals surface area contributed by atoms with Crippen LogP contribution in [-0.4, -0.2) is 28.0 Å². The summed E-state index contributed by atoms with van der Waals surface area (Å²) in [4.78, 5) is 0. The number of aliphatic hydroxyl groups is 1. The Hall–Kier alpha value is -0.870. The van der Waals surface area contributed by atoms with Crippen LogP contribution in [0, 0.1) is 12.3 Å². The Labute approximate surface area is 90.3 Å². The molecule has 1 fully saturated rings. The molecule has 4 heteroatoms. The van der Waals surface area contributed by atoms with Gasteiger partial charge in [-0.25, -0.2) is 0 Å². The van der Waals surface area contributed by atoms with E-state index in [9.17, 15) is 0 Å². The summed E-state index contributed by atoms with van der Waals surface area (Å²) in [6, 6.07) is 0. The Kier molecular flexibility index (Phi) is 2.80. The van der Waals surface area contributed by atoms with Crippen LogP contribution in [0.3, 0.4) is 0 Å². The second-order valence-corrected chi connectivity index (χ2v) is 4.68. The molecule has 4 nitrogen and oxygen atoms in total. The topological polar surface area (TPSA) is 50.1 Å². The quantitative estimate of drug-likeness (QED) is 0.746. The predicted molar refractivity (Wildman–Crippen MR) is 58.4 cm³/mol. The number of hydrogen-bond donors (Lipinski definition) is 2. The Balaban J connectivity index is 1.81. The number of aryl methyl sites for hydroxylation is 2. The lowest BCUT2D eigenvalue weighted by molar-refractivity contribution is 0.207. The van der Waals surface area contributed by atoms with Gasteiger partial charge in [0.1, 0.15) is 0 Å². The standard InChI is InChI=1S/C11H19N3O/c1-9-10(6-14(2)13-9)5-12-7-11(8-15)3-4-11/h6,12,15H,3-5,7-8H2,1-2H3. The Morgan fingerprint density at radius 1 is 1.60 bits per heavy atom. The molecule has 1 aromatic rings. The summed E-state index contributed by atoms with van der Waals surface area (Å²) in [6.07, 6.45) is 4.35. The molecule has 0 aromatic carbocycles. The molecular formula is C11H19N3O. The lowest BCUT2D eigenvalue weighted by atomic mass is 10.1. The van der Waals surface area contributed by atoms with Crippen LogP contribution in [0.4, 0.5) is 0 Å². The number of nitrogens with one attached hydrogen (secondary N) is 1. The van der Waals surface area contributed by atoms with Crippen molar-refractivity contribution in [2.75, 3.05) is 13.2 Å². The number of aromatic nitrogens is 2. The van der Waals surface area contributed by atoms with Gasteiger partial charge in [0.25, 0.3) is 0 Å². The van der Waals surface area contributed by atoms with E-state index in [4.69, 9.17) is 5.11 Å². The highest BCUT2D eigenvalue weighted by molar-refractivity contribution is 5.15. The van der Waals surface area contributed by atoms with Crippen LogP contribution in [0.25, 0.3) is 0 Å². The summed E-state index contributed by atoms with van der Waals surface area (Å²) in [6.45, 7) is 4.10. The minimum Gasteiger partial charge on any atom is -0.396 e. The largest absolute Gasteiger partial charge is 0.396 e. The molecule has 2 rings (SSSR count). The molecule has 1 heterocycles. The molecule has 0 aliphatic heterocycles. The smallest absolute Gasteiger partial charge is 0.0638 e. The summed E-state index contributed by atoms with van der Waals surface area (Å²) in [5.41, 5.74) is 2.51. The fraction of sp³-hybridized carbons (Fsp3) is 0.727. The van der Waals surface area contributed by atoms with Gasteiger partial charge < -0.3 is 10.4 Å². The molecule has 1 aliphatic carbocycles. The first kappa shape index (κ1) is 10.6. The van der Waals surface area contributed by atoms with Crippen LogP contribution in [0.5, 0.6) is 0 Å². The van der Waals surface area contributed by atoms with E-state index in [2.05, 4.69) is 10.4 Å². The first-order valence-corrected chi connectivity index (χ1v) is 5.46. The summed E-state index contributed by atoms with van der Waals surface area (Å²) in [5, 5.41) is 16.8. The van der Waals surface area contributed by atoms with Crippen molar-refractivity contribution in [2.45, 2.75) is 26.3 Å². The van der Waals surface area contributed by atoms with Crippen molar-refractivity contribution in [2.24, 2.45) is 12.5 Å². The zero-order valence-electron chi connectivity index (χ0n) is 9.45. The van der Waals surface area contributed by atoms with Gasteiger partial charge in [-0.15, -0.1) is 0 Å². The van der Waals surface area contributed by atoms with Gasteiger partial charge >= 0.3 is 0 Å². The van der Waals surface area contributed by atoms with Crippen LogP contribution >= 0.6 is 0 Å². The number of nitrogens with zero attached hydrogens (tertiary/aromatic N) is 2. The predicted octanol–water partition coefficient (Wildman–Crippen LogP) is 0.591. The van der Waals surface area contributed by atoms with Crippen LogP contribution in [0.15, 0.2) is 6.20 Å². The lowest BCUT2D eigenvalue weighted by Crippen LogP contribution is -2.26. The normalized spacial score (nSPS) is 18.1. The Morgan fingerprint density at radius 2 is 2.33 bits per heavy atom. The molecule has 2 N–H and O–H groups in total. The van der Waals surface area contributed by atoms with E-state index in [0.717, 1.165) is 31.6 Å². The maximum Gasteiger partial charge on any atom is 0.0638 e. The molecule has 0 unspecified atom stereocenters. The third kappa shape index (κ3) is 2.38. The van der Waals surface area contributed by atoms with Gasteiger partial charge in [-0.2, -0.15) is 5.10 Å². The van der Waals surface area contributed by atoms with E-state index in [1.807, 2.05) is 24.9 Å². The van der Waals surface area contributed by atoms with Gasteiger partial charge in [0.2, 0.25) is 0 Å². The van der Waals surface area contributed by atoms with Gasteiger partial charge in [0.05, 0.1) is 5.69 Å². The molecule has 0 bridgehead atoms. The molecule has 1 aliphatic rings. The molecule has 1 saturated carbocycles. The van der Waals surface area contributed by atoms with Crippen LogP contribution in [0.2, 0.25) is 0 Å². The zero-order chi connectivity index (χ0) is 10.9.